The molecule has 0 radical (unpaired) electrons. The van der Waals surface area contributed by atoms with E-state index < -0.39 is 0 Å². The van der Waals surface area contributed by atoms with Crippen LogP contribution in [0.25, 0.3) is 0 Å². The first-order chi connectivity index (χ1) is 10.3. The Balaban J connectivity index is 1.68. The second-order valence-electron chi connectivity index (χ2n) is 8.06. The molecule has 0 spiro atoms. The first-order valence-electron chi connectivity index (χ1n) is 9.75. The minimum Gasteiger partial charge on any atom is -0.308 e. The third-order valence-electron chi connectivity index (χ3n) is 6.93. The van der Waals surface area contributed by atoms with Crippen molar-refractivity contribution < 1.29 is 0 Å². The molecule has 1 heterocycles. The molecule has 21 heavy (non-hydrogen) atoms. The normalized spacial score (nSPS) is 32.0. The van der Waals surface area contributed by atoms with Crippen LogP contribution in [0, 0.1) is 11.8 Å². The van der Waals surface area contributed by atoms with Crippen molar-refractivity contribution in [3.63, 3.8) is 0 Å². The minimum atomic E-state index is 0.398. The molecule has 1 atom stereocenters. The van der Waals surface area contributed by atoms with Gasteiger partial charge in [-0.25, -0.2) is 0 Å². The van der Waals surface area contributed by atoms with E-state index in [1.54, 1.807) is 0 Å². The molecule has 2 aliphatic carbocycles. The Morgan fingerprint density at radius 1 is 0.952 bits per heavy atom. The Bertz CT molecular complexity index is 314. The quantitative estimate of drug-likeness (QED) is 0.817. The molecule has 1 saturated heterocycles. The summed E-state index contributed by atoms with van der Waals surface area (Å²) in [5, 5.41) is 3.98. The average Bonchev–Trinajstić information content (AvgIpc) is 2.51. The van der Waals surface area contributed by atoms with Gasteiger partial charge >= 0.3 is 0 Å². The van der Waals surface area contributed by atoms with Crippen LogP contribution in [0.15, 0.2) is 0 Å². The molecule has 3 aliphatic rings. The molecule has 0 aromatic rings. The predicted molar refractivity (Wildman–Crippen MR) is 90.6 cm³/mol. The van der Waals surface area contributed by atoms with E-state index in [4.69, 9.17) is 0 Å². The highest BCUT2D eigenvalue weighted by molar-refractivity contribution is 4.99. The second kappa shape index (κ2) is 7.00. The van der Waals surface area contributed by atoms with Crippen molar-refractivity contribution in [2.24, 2.45) is 11.8 Å². The lowest BCUT2D eigenvalue weighted by Gasteiger charge is -2.52. The van der Waals surface area contributed by atoms with Gasteiger partial charge in [0.05, 0.1) is 0 Å². The number of piperazine rings is 1. The molecule has 2 saturated carbocycles. The summed E-state index contributed by atoms with van der Waals surface area (Å²) in [7, 11) is 0. The van der Waals surface area contributed by atoms with Crippen molar-refractivity contribution in [3.05, 3.63) is 0 Å². The Morgan fingerprint density at radius 3 is 2.24 bits per heavy atom. The lowest BCUT2D eigenvalue weighted by molar-refractivity contribution is 0.0126. The molecule has 0 bridgehead atoms. The van der Waals surface area contributed by atoms with E-state index in [9.17, 15) is 0 Å². The van der Waals surface area contributed by atoms with Crippen molar-refractivity contribution in [2.45, 2.75) is 89.6 Å². The van der Waals surface area contributed by atoms with Gasteiger partial charge in [-0.2, -0.15) is 0 Å². The summed E-state index contributed by atoms with van der Waals surface area (Å²) in [5.41, 5.74) is 0.398. The fourth-order valence-electron chi connectivity index (χ4n) is 4.93. The highest BCUT2D eigenvalue weighted by atomic mass is 15.3. The maximum Gasteiger partial charge on any atom is 0.0304 e. The molecule has 2 heteroatoms. The van der Waals surface area contributed by atoms with Crippen LogP contribution in [0.3, 0.4) is 0 Å². The third-order valence-corrected chi connectivity index (χ3v) is 6.93. The smallest absolute Gasteiger partial charge is 0.0304 e. The van der Waals surface area contributed by atoms with E-state index in [0.29, 0.717) is 5.54 Å². The molecule has 3 rings (SSSR count). The zero-order chi connectivity index (χ0) is 14.7. The summed E-state index contributed by atoms with van der Waals surface area (Å²) >= 11 is 0. The van der Waals surface area contributed by atoms with Crippen LogP contribution in [0.4, 0.5) is 0 Å². The maximum absolute atomic E-state index is 3.98. The molecule has 0 aromatic heterocycles. The molecule has 0 amide bonds. The van der Waals surface area contributed by atoms with Gasteiger partial charge < -0.3 is 5.32 Å². The van der Waals surface area contributed by atoms with Gasteiger partial charge in [0, 0.05) is 31.2 Å². The van der Waals surface area contributed by atoms with E-state index in [2.05, 4.69) is 24.1 Å². The van der Waals surface area contributed by atoms with Crippen LogP contribution in [-0.4, -0.2) is 36.1 Å². The number of hydrogen-bond donors (Lipinski definition) is 1. The molecule has 0 aromatic carbocycles. The van der Waals surface area contributed by atoms with Gasteiger partial charge in [-0.05, 0) is 50.4 Å². The van der Waals surface area contributed by atoms with Crippen molar-refractivity contribution >= 4 is 0 Å². The summed E-state index contributed by atoms with van der Waals surface area (Å²) in [5.74, 6) is 1.98. The fourth-order valence-corrected chi connectivity index (χ4v) is 4.93. The van der Waals surface area contributed by atoms with E-state index in [0.717, 1.165) is 17.9 Å². The largest absolute Gasteiger partial charge is 0.308 e. The van der Waals surface area contributed by atoms with Crippen molar-refractivity contribution in [1.29, 1.82) is 0 Å². The molecule has 2 nitrogen and oxygen atoms in total. The lowest BCUT2D eigenvalue weighted by Crippen LogP contribution is -2.66. The monoisotopic (exact) mass is 292 g/mol. The van der Waals surface area contributed by atoms with Crippen LogP contribution >= 0.6 is 0 Å². The van der Waals surface area contributed by atoms with E-state index in [1.165, 1.54) is 83.8 Å². The standard InChI is InChI=1S/C19H36N2/c1-3-19(4-2)15-21(14-16-9-8-10-16)18(13-20-19)17-11-6-5-7-12-17/h16-18,20H,3-15H2,1-2H3. The number of nitrogens with one attached hydrogen (secondary N) is 1. The Kier molecular flexibility index (Phi) is 5.27. The molecule has 1 aliphatic heterocycles. The highest BCUT2D eigenvalue weighted by Gasteiger charge is 2.40. The fraction of sp³-hybridized carbons (Fsp3) is 1.00. The predicted octanol–water partition coefficient (Wildman–Crippen LogP) is 4.20. The van der Waals surface area contributed by atoms with Crippen molar-refractivity contribution in [1.82, 2.24) is 10.2 Å². The topological polar surface area (TPSA) is 15.3 Å². The van der Waals surface area contributed by atoms with Crippen LogP contribution in [-0.2, 0) is 0 Å². The van der Waals surface area contributed by atoms with Crippen LogP contribution in [0.2, 0.25) is 0 Å². The van der Waals surface area contributed by atoms with Gasteiger partial charge in [0.2, 0.25) is 0 Å². The highest BCUT2D eigenvalue weighted by Crippen LogP contribution is 2.35. The Labute approximate surface area is 132 Å². The van der Waals surface area contributed by atoms with Gasteiger partial charge in [0.15, 0.2) is 0 Å². The molecule has 1 N–H and O–H groups in total. The maximum atomic E-state index is 3.98. The van der Waals surface area contributed by atoms with Gasteiger partial charge in [-0.3, -0.25) is 4.90 Å². The molecular formula is C19H36N2. The van der Waals surface area contributed by atoms with Gasteiger partial charge in [-0.15, -0.1) is 0 Å². The molecular weight excluding hydrogens is 256 g/mol. The Morgan fingerprint density at radius 2 is 1.67 bits per heavy atom. The third kappa shape index (κ3) is 3.47. The average molecular weight is 293 g/mol. The molecule has 122 valence electrons. The van der Waals surface area contributed by atoms with Gasteiger partial charge in [0.1, 0.15) is 0 Å². The minimum absolute atomic E-state index is 0.398. The molecule has 3 fully saturated rings. The van der Waals surface area contributed by atoms with Crippen LogP contribution < -0.4 is 5.32 Å². The number of hydrogen-bond acceptors (Lipinski definition) is 2. The van der Waals surface area contributed by atoms with E-state index >= 15 is 0 Å². The molecule has 1 unspecified atom stereocenters. The Hall–Kier alpha value is -0.0800. The van der Waals surface area contributed by atoms with Gasteiger partial charge in [0.25, 0.3) is 0 Å². The van der Waals surface area contributed by atoms with Crippen molar-refractivity contribution in [2.75, 3.05) is 19.6 Å². The second-order valence-corrected chi connectivity index (χ2v) is 8.06. The SMILES string of the molecule is CCC1(CC)CN(CC2CCC2)C(C2CCCCC2)CN1. The number of rotatable bonds is 5. The van der Waals surface area contributed by atoms with Crippen molar-refractivity contribution in [3.8, 4) is 0 Å². The zero-order valence-electron chi connectivity index (χ0n) is 14.4. The summed E-state index contributed by atoms with van der Waals surface area (Å²) in [6.45, 7) is 8.69. The van der Waals surface area contributed by atoms with E-state index in [-0.39, 0.29) is 0 Å². The summed E-state index contributed by atoms with van der Waals surface area (Å²) in [6.07, 6.45) is 14.4. The van der Waals surface area contributed by atoms with E-state index in [1.807, 2.05) is 0 Å². The lowest BCUT2D eigenvalue weighted by atomic mass is 9.78. The first kappa shape index (κ1) is 15.8. The summed E-state index contributed by atoms with van der Waals surface area (Å²) in [6, 6.07) is 0.831. The van der Waals surface area contributed by atoms with Crippen LogP contribution in [0.5, 0.6) is 0 Å². The summed E-state index contributed by atoms with van der Waals surface area (Å²) in [4.78, 5) is 2.93. The van der Waals surface area contributed by atoms with Gasteiger partial charge in [-0.1, -0.05) is 39.5 Å². The first-order valence-corrected chi connectivity index (χ1v) is 9.75. The zero-order valence-corrected chi connectivity index (χ0v) is 14.4. The number of nitrogens with zero attached hydrogens (tertiary/aromatic N) is 1. The summed E-state index contributed by atoms with van der Waals surface area (Å²) < 4.78 is 0. The van der Waals surface area contributed by atoms with Crippen LogP contribution in [0.1, 0.15) is 78.1 Å².